The van der Waals surface area contributed by atoms with Gasteiger partial charge < -0.3 is 4.74 Å². The van der Waals surface area contributed by atoms with Crippen molar-refractivity contribution in [3.8, 4) is 0 Å². The molecule has 1 atom stereocenters. The summed E-state index contributed by atoms with van der Waals surface area (Å²) in [7, 11) is -5.67. The van der Waals surface area contributed by atoms with Crippen LogP contribution in [0.4, 0.5) is 13.2 Å². The largest absolute Gasteiger partial charge is 0.498 e. The fraction of sp³-hybridized carbons (Fsp3) is 0.500. The lowest BCUT2D eigenvalue weighted by atomic mass is 9.92. The van der Waals surface area contributed by atoms with Gasteiger partial charge in [0, 0.05) is 0 Å². The zero-order valence-corrected chi connectivity index (χ0v) is 13.2. The summed E-state index contributed by atoms with van der Waals surface area (Å²) in [5, 5.41) is -2.32. The van der Waals surface area contributed by atoms with Crippen molar-refractivity contribution in [2.75, 3.05) is 0 Å². The summed E-state index contributed by atoms with van der Waals surface area (Å²) in [5.74, 6) is -1.41. The van der Waals surface area contributed by atoms with Gasteiger partial charge in [-0.2, -0.15) is 13.2 Å². The Morgan fingerprint density at radius 3 is 2.05 bits per heavy atom. The fourth-order valence-electron chi connectivity index (χ4n) is 1.88. The fourth-order valence-corrected chi connectivity index (χ4v) is 3.40. The normalized spacial score (nSPS) is 14.5. The van der Waals surface area contributed by atoms with Crippen molar-refractivity contribution in [1.29, 1.82) is 0 Å². The van der Waals surface area contributed by atoms with Crippen LogP contribution in [-0.4, -0.2) is 25.1 Å². The van der Waals surface area contributed by atoms with E-state index in [-0.39, 0.29) is 6.61 Å². The summed E-state index contributed by atoms with van der Waals surface area (Å²) in [6, 6.07) is 8.26. The van der Waals surface area contributed by atoms with Gasteiger partial charge in [-0.1, -0.05) is 51.1 Å². The number of alkyl halides is 3. The van der Waals surface area contributed by atoms with Crippen LogP contribution in [-0.2, 0) is 26.0 Å². The molecule has 8 heteroatoms. The second-order valence-corrected chi connectivity index (χ2v) is 7.85. The van der Waals surface area contributed by atoms with Gasteiger partial charge in [0.15, 0.2) is 5.25 Å². The van der Waals surface area contributed by atoms with E-state index < -0.39 is 32.0 Å². The molecule has 1 rings (SSSR count). The van der Waals surface area contributed by atoms with Gasteiger partial charge in [-0.15, -0.1) is 0 Å². The maximum atomic E-state index is 12.7. The standard InChI is InChI=1S/C14H17F3O4S/c1-13(2,3)11(22(19,20)14(15,16)17)12(18)21-9-10-7-5-4-6-8-10/h4-8,11H,9H2,1-3H3. The predicted octanol–water partition coefficient (Wildman–Crippen LogP) is 3.08. The van der Waals surface area contributed by atoms with Crippen LogP contribution in [0.25, 0.3) is 0 Å². The molecule has 0 amide bonds. The predicted molar refractivity (Wildman–Crippen MR) is 74.5 cm³/mol. The minimum absolute atomic E-state index is 0.292. The molecule has 0 aromatic heterocycles. The highest BCUT2D eigenvalue weighted by atomic mass is 32.2. The molecule has 0 bridgehead atoms. The quantitative estimate of drug-likeness (QED) is 0.792. The van der Waals surface area contributed by atoms with Crippen molar-refractivity contribution < 1.29 is 31.1 Å². The van der Waals surface area contributed by atoms with Gasteiger partial charge in [0.05, 0.1) is 0 Å². The van der Waals surface area contributed by atoms with Gasteiger partial charge in [-0.05, 0) is 11.0 Å². The van der Waals surface area contributed by atoms with Gasteiger partial charge in [-0.3, -0.25) is 4.79 Å². The summed E-state index contributed by atoms with van der Waals surface area (Å²) < 4.78 is 66.3. The number of benzene rings is 1. The van der Waals surface area contributed by atoms with Crippen molar-refractivity contribution in [1.82, 2.24) is 0 Å². The minimum atomic E-state index is -5.67. The highest BCUT2D eigenvalue weighted by Crippen LogP contribution is 2.36. The van der Waals surface area contributed by atoms with Crippen LogP contribution in [0.5, 0.6) is 0 Å². The van der Waals surface area contributed by atoms with Crippen LogP contribution < -0.4 is 0 Å². The number of carbonyl (C=O) groups excluding carboxylic acids is 1. The molecular formula is C14H17F3O4S. The van der Waals surface area contributed by atoms with Gasteiger partial charge in [0.25, 0.3) is 9.84 Å². The van der Waals surface area contributed by atoms with E-state index in [2.05, 4.69) is 0 Å². The molecule has 0 fully saturated rings. The number of halogens is 3. The third kappa shape index (κ3) is 4.22. The van der Waals surface area contributed by atoms with E-state index in [4.69, 9.17) is 4.74 Å². The maximum absolute atomic E-state index is 12.7. The molecule has 22 heavy (non-hydrogen) atoms. The van der Waals surface area contributed by atoms with E-state index in [0.29, 0.717) is 5.56 Å². The van der Waals surface area contributed by atoms with Crippen LogP contribution >= 0.6 is 0 Å². The lowest BCUT2D eigenvalue weighted by Gasteiger charge is -2.29. The Kier molecular flexibility index (Phi) is 5.27. The van der Waals surface area contributed by atoms with E-state index in [9.17, 15) is 26.4 Å². The molecule has 0 saturated heterocycles. The Balaban J connectivity index is 3.02. The van der Waals surface area contributed by atoms with Crippen LogP contribution in [0, 0.1) is 5.41 Å². The molecule has 0 radical (unpaired) electrons. The molecule has 0 aliphatic rings. The zero-order valence-electron chi connectivity index (χ0n) is 12.3. The van der Waals surface area contributed by atoms with Crippen LogP contribution in [0.2, 0.25) is 0 Å². The van der Waals surface area contributed by atoms with Crippen molar-refractivity contribution in [2.24, 2.45) is 5.41 Å². The first-order valence-electron chi connectivity index (χ1n) is 6.38. The highest BCUT2D eigenvalue weighted by Gasteiger charge is 2.57. The Morgan fingerprint density at radius 2 is 1.64 bits per heavy atom. The average Bonchev–Trinajstić information content (AvgIpc) is 2.34. The second-order valence-electron chi connectivity index (χ2n) is 5.83. The van der Waals surface area contributed by atoms with Crippen molar-refractivity contribution in [2.45, 2.75) is 38.1 Å². The highest BCUT2D eigenvalue weighted by molar-refractivity contribution is 7.93. The van der Waals surface area contributed by atoms with Crippen molar-refractivity contribution in [3.63, 3.8) is 0 Å². The topological polar surface area (TPSA) is 60.4 Å². The molecule has 0 aliphatic heterocycles. The third-order valence-electron chi connectivity index (χ3n) is 2.86. The number of carbonyl (C=O) groups is 1. The molecule has 1 aromatic rings. The van der Waals surface area contributed by atoms with E-state index in [0.717, 1.165) is 0 Å². The number of hydrogen-bond acceptors (Lipinski definition) is 4. The van der Waals surface area contributed by atoms with Gasteiger partial charge >= 0.3 is 11.5 Å². The summed E-state index contributed by atoms with van der Waals surface area (Å²) in [6.07, 6.45) is 0. The minimum Gasteiger partial charge on any atom is -0.460 e. The van der Waals surface area contributed by atoms with E-state index in [1.807, 2.05) is 0 Å². The van der Waals surface area contributed by atoms with Crippen LogP contribution in [0.3, 0.4) is 0 Å². The molecule has 0 spiro atoms. The Hall–Kier alpha value is -1.57. The first kappa shape index (κ1) is 18.5. The lowest BCUT2D eigenvalue weighted by Crippen LogP contribution is -2.48. The molecule has 0 aliphatic carbocycles. The Morgan fingerprint density at radius 1 is 1.14 bits per heavy atom. The van der Waals surface area contributed by atoms with Gasteiger partial charge in [-0.25, -0.2) is 8.42 Å². The first-order chi connectivity index (χ1) is 9.87. The monoisotopic (exact) mass is 338 g/mol. The summed E-state index contributed by atoms with van der Waals surface area (Å²) >= 11 is 0. The summed E-state index contributed by atoms with van der Waals surface area (Å²) in [4.78, 5) is 12.0. The summed E-state index contributed by atoms with van der Waals surface area (Å²) in [5.41, 5.74) is -6.42. The number of sulfone groups is 1. The van der Waals surface area contributed by atoms with Crippen LogP contribution in [0.15, 0.2) is 30.3 Å². The smallest absolute Gasteiger partial charge is 0.460 e. The van der Waals surface area contributed by atoms with Gasteiger partial charge in [0.2, 0.25) is 0 Å². The molecule has 4 nitrogen and oxygen atoms in total. The second kappa shape index (κ2) is 6.28. The van der Waals surface area contributed by atoms with Crippen molar-refractivity contribution >= 4 is 15.8 Å². The van der Waals surface area contributed by atoms with E-state index in [1.54, 1.807) is 30.3 Å². The first-order valence-corrected chi connectivity index (χ1v) is 7.92. The van der Waals surface area contributed by atoms with E-state index in [1.165, 1.54) is 20.8 Å². The van der Waals surface area contributed by atoms with E-state index >= 15 is 0 Å². The molecule has 0 heterocycles. The molecular weight excluding hydrogens is 321 g/mol. The molecule has 0 saturated carbocycles. The number of hydrogen-bond donors (Lipinski definition) is 0. The average molecular weight is 338 g/mol. The third-order valence-corrected chi connectivity index (χ3v) is 5.02. The lowest BCUT2D eigenvalue weighted by molar-refractivity contribution is -0.147. The summed E-state index contributed by atoms with van der Waals surface area (Å²) in [6.45, 7) is 3.43. The maximum Gasteiger partial charge on any atom is 0.498 e. The molecule has 1 aromatic carbocycles. The Labute approximate surface area is 127 Å². The van der Waals surface area contributed by atoms with Crippen molar-refractivity contribution in [3.05, 3.63) is 35.9 Å². The molecule has 1 unspecified atom stereocenters. The molecule has 124 valence electrons. The number of rotatable bonds is 4. The SMILES string of the molecule is CC(C)(C)C(C(=O)OCc1ccccc1)S(=O)(=O)C(F)(F)F. The Bertz CT molecular complexity index is 616. The van der Waals surface area contributed by atoms with Crippen LogP contribution in [0.1, 0.15) is 26.3 Å². The van der Waals surface area contributed by atoms with Gasteiger partial charge in [0.1, 0.15) is 6.61 Å². The number of ether oxygens (including phenoxy) is 1. The number of esters is 1. The molecule has 0 N–H and O–H groups in total. The zero-order chi connectivity index (χ0) is 17.2.